The van der Waals surface area contributed by atoms with Gasteiger partial charge in [0.05, 0.1) is 6.61 Å². The Morgan fingerprint density at radius 1 is 1.44 bits per heavy atom. The highest BCUT2D eigenvalue weighted by Gasteiger charge is 2.38. The van der Waals surface area contributed by atoms with Gasteiger partial charge in [-0.1, -0.05) is 20.8 Å². The molecule has 2 aliphatic rings. The number of ether oxygens (including phenoxy) is 1. The highest BCUT2D eigenvalue weighted by Crippen LogP contribution is 2.32. The predicted molar refractivity (Wildman–Crippen MR) is 75.8 cm³/mol. The van der Waals surface area contributed by atoms with E-state index in [1.165, 1.54) is 32.5 Å². The second kappa shape index (κ2) is 6.36. The standard InChI is InChI=1S/C15H30N2O/c1-4-16-10-15(6-8-18-12-15)11-17-7-5-14(9-17)13(2)3/h13-14,16H,4-12H2,1-3H3. The molecule has 0 spiro atoms. The van der Waals surface area contributed by atoms with Crippen LogP contribution in [0.5, 0.6) is 0 Å². The lowest BCUT2D eigenvalue weighted by molar-refractivity contribution is 0.116. The maximum Gasteiger partial charge on any atom is 0.0547 e. The van der Waals surface area contributed by atoms with E-state index in [0.717, 1.165) is 38.1 Å². The van der Waals surface area contributed by atoms with Crippen LogP contribution < -0.4 is 5.32 Å². The third-order valence-corrected chi connectivity index (χ3v) is 4.75. The number of hydrogen-bond donors (Lipinski definition) is 1. The van der Waals surface area contributed by atoms with E-state index in [1.54, 1.807) is 0 Å². The summed E-state index contributed by atoms with van der Waals surface area (Å²) in [5, 5.41) is 3.53. The van der Waals surface area contributed by atoms with E-state index in [4.69, 9.17) is 4.74 Å². The van der Waals surface area contributed by atoms with Crippen LogP contribution in [0.3, 0.4) is 0 Å². The number of nitrogens with zero attached hydrogens (tertiary/aromatic N) is 1. The fourth-order valence-electron chi connectivity index (χ4n) is 3.38. The van der Waals surface area contributed by atoms with Crippen molar-refractivity contribution in [3.63, 3.8) is 0 Å². The van der Waals surface area contributed by atoms with Crippen molar-refractivity contribution < 1.29 is 4.74 Å². The highest BCUT2D eigenvalue weighted by molar-refractivity contribution is 4.90. The molecule has 0 amide bonds. The summed E-state index contributed by atoms with van der Waals surface area (Å²) in [7, 11) is 0. The Bertz CT molecular complexity index is 249. The molecule has 0 bridgehead atoms. The number of hydrogen-bond acceptors (Lipinski definition) is 3. The van der Waals surface area contributed by atoms with Gasteiger partial charge >= 0.3 is 0 Å². The predicted octanol–water partition coefficient (Wildman–Crippen LogP) is 1.98. The lowest BCUT2D eigenvalue weighted by atomic mass is 9.86. The zero-order chi connectivity index (χ0) is 13.0. The summed E-state index contributed by atoms with van der Waals surface area (Å²) in [6.45, 7) is 14.8. The van der Waals surface area contributed by atoms with E-state index in [-0.39, 0.29) is 0 Å². The number of nitrogens with one attached hydrogen (secondary N) is 1. The normalized spacial score (nSPS) is 33.7. The van der Waals surface area contributed by atoms with Crippen LogP contribution in [0.2, 0.25) is 0 Å². The third-order valence-electron chi connectivity index (χ3n) is 4.75. The first-order valence-corrected chi connectivity index (χ1v) is 7.66. The number of rotatable bonds is 6. The second-order valence-corrected chi connectivity index (χ2v) is 6.61. The molecule has 3 nitrogen and oxygen atoms in total. The van der Waals surface area contributed by atoms with Gasteiger partial charge in [0.15, 0.2) is 0 Å². The molecule has 0 aliphatic carbocycles. The lowest BCUT2D eigenvalue weighted by Gasteiger charge is -2.32. The summed E-state index contributed by atoms with van der Waals surface area (Å²) < 4.78 is 5.68. The van der Waals surface area contributed by atoms with Crippen LogP contribution in [0.25, 0.3) is 0 Å². The molecule has 106 valence electrons. The average molecular weight is 254 g/mol. The molecule has 2 fully saturated rings. The average Bonchev–Trinajstić information content (AvgIpc) is 2.97. The fourth-order valence-corrected chi connectivity index (χ4v) is 3.38. The first kappa shape index (κ1) is 14.3. The molecule has 2 rings (SSSR count). The Morgan fingerprint density at radius 2 is 2.28 bits per heavy atom. The van der Waals surface area contributed by atoms with Gasteiger partial charge in [0.2, 0.25) is 0 Å². The van der Waals surface area contributed by atoms with E-state index in [0.29, 0.717) is 5.41 Å². The Hall–Kier alpha value is -0.120. The Balaban J connectivity index is 1.86. The van der Waals surface area contributed by atoms with Crippen LogP contribution in [-0.2, 0) is 4.74 Å². The van der Waals surface area contributed by atoms with Gasteiger partial charge in [-0.3, -0.25) is 0 Å². The highest BCUT2D eigenvalue weighted by atomic mass is 16.5. The second-order valence-electron chi connectivity index (χ2n) is 6.61. The molecular weight excluding hydrogens is 224 g/mol. The third kappa shape index (κ3) is 3.46. The zero-order valence-corrected chi connectivity index (χ0v) is 12.4. The number of likely N-dealkylation sites (tertiary alicyclic amines) is 1. The van der Waals surface area contributed by atoms with Crippen molar-refractivity contribution in [3.05, 3.63) is 0 Å². The molecule has 2 saturated heterocycles. The molecule has 2 heterocycles. The van der Waals surface area contributed by atoms with Crippen LogP contribution in [0.1, 0.15) is 33.6 Å². The molecule has 3 heteroatoms. The van der Waals surface area contributed by atoms with Crippen molar-refractivity contribution in [1.82, 2.24) is 10.2 Å². The SMILES string of the molecule is CCNCC1(CN2CCC(C(C)C)C2)CCOC1. The lowest BCUT2D eigenvalue weighted by Crippen LogP contribution is -2.44. The van der Waals surface area contributed by atoms with Gasteiger partial charge in [-0.25, -0.2) is 0 Å². The maximum absolute atomic E-state index is 5.68. The van der Waals surface area contributed by atoms with E-state index >= 15 is 0 Å². The summed E-state index contributed by atoms with van der Waals surface area (Å²) in [5.41, 5.74) is 0.377. The van der Waals surface area contributed by atoms with Gasteiger partial charge in [-0.15, -0.1) is 0 Å². The minimum Gasteiger partial charge on any atom is -0.381 e. The smallest absolute Gasteiger partial charge is 0.0547 e. The van der Waals surface area contributed by atoms with Crippen LogP contribution in [0.4, 0.5) is 0 Å². The van der Waals surface area contributed by atoms with Crippen molar-refractivity contribution in [2.75, 3.05) is 45.9 Å². The Morgan fingerprint density at radius 3 is 2.83 bits per heavy atom. The molecule has 0 radical (unpaired) electrons. The molecule has 2 aliphatic heterocycles. The monoisotopic (exact) mass is 254 g/mol. The molecule has 0 aromatic carbocycles. The van der Waals surface area contributed by atoms with Gasteiger partial charge < -0.3 is 15.0 Å². The molecule has 0 aromatic rings. The first-order valence-electron chi connectivity index (χ1n) is 7.66. The van der Waals surface area contributed by atoms with Gasteiger partial charge in [-0.2, -0.15) is 0 Å². The van der Waals surface area contributed by atoms with Crippen LogP contribution in [0.15, 0.2) is 0 Å². The van der Waals surface area contributed by atoms with Crippen molar-refractivity contribution >= 4 is 0 Å². The molecule has 2 atom stereocenters. The van der Waals surface area contributed by atoms with Crippen LogP contribution in [0, 0.1) is 17.3 Å². The summed E-state index contributed by atoms with van der Waals surface area (Å²) in [5.74, 6) is 1.74. The largest absolute Gasteiger partial charge is 0.381 e. The summed E-state index contributed by atoms with van der Waals surface area (Å²) in [6, 6.07) is 0. The Labute approximate surface area is 112 Å². The minimum absolute atomic E-state index is 0.377. The van der Waals surface area contributed by atoms with Crippen LogP contribution in [-0.4, -0.2) is 50.8 Å². The molecular formula is C15H30N2O. The topological polar surface area (TPSA) is 24.5 Å². The molecule has 0 aromatic heterocycles. The van der Waals surface area contributed by atoms with Gasteiger partial charge in [-0.05, 0) is 37.8 Å². The van der Waals surface area contributed by atoms with Crippen molar-refractivity contribution in [1.29, 1.82) is 0 Å². The quantitative estimate of drug-likeness (QED) is 0.784. The fraction of sp³-hybridized carbons (Fsp3) is 1.00. The minimum atomic E-state index is 0.377. The maximum atomic E-state index is 5.68. The van der Waals surface area contributed by atoms with E-state index in [2.05, 4.69) is 31.0 Å². The summed E-state index contributed by atoms with van der Waals surface area (Å²) >= 11 is 0. The van der Waals surface area contributed by atoms with E-state index < -0.39 is 0 Å². The molecule has 2 unspecified atom stereocenters. The molecule has 1 N–H and O–H groups in total. The van der Waals surface area contributed by atoms with Crippen molar-refractivity contribution in [3.8, 4) is 0 Å². The summed E-state index contributed by atoms with van der Waals surface area (Å²) in [4.78, 5) is 2.68. The van der Waals surface area contributed by atoms with Crippen LogP contribution >= 0.6 is 0 Å². The molecule has 0 saturated carbocycles. The summed E-state index contributed by atoms with van der Waals surface area (Å²) in [6.07, 6.45) is 2.61. The first-order chi connectivity index (χ1) is 8.65. The zero-order valence-electron chi connectivity index (χ0n) is 12.4. The van der Waals surface area contributed by atoms with Gasteiger partial charge in [0.1, 0.15) is 0 Å². The van der Waals surface area contributed by atoms with E-state index in [9.17, 15) is 0 Å². The van der Waals surface area contributed by atoms with Crippen molar-refractivity contribution in [2.24, 2.45) is 17.3 Å². The van der Waals surface area contributed by atoms with E-state index in [1.807, 2.05) is 0 Å². The Kier molecular flexibility index (Phi) is 5.05. The van der Waals surface area contributed by atoms with Crippen molar-refractivity contribution in [2.45, 2.75) is 33.6 Å². The van der Waals surface area contributed by atoms with Gasteiger partial charge in [0, 0.05) is 31.7 Å². The van der Waals surface area contributed by atoms with Gasteiger partial charge in [0.25, 0.3) is 0 Å². The molecule has 18 heavy (non-hydrogen) atoms.